The Kier molecular flexibility index (Phi) is 8.55. The van der Waals surface area contributed by atoms with Gasteiger partial charge < -0.3 is 0 Å². The molecule has 0 aromatic heterocycles. The SMILES string of the molecule is C=C(CCCCCS(=O)(=O)C(C)(C)C)Cc1ccc(NS(=O)(=O)C(C)(C)C)cc1. The van der Waals surface area contributed by atoms with E-state index in [1.165, 1.54) is 0 Å². The molecule has 0 aliphatic rings. The smallest absolute Gasteiger partial charge is 0.237 e. The molecule has 0 unspecified atom stereocenters. The van der Waals surface area contributed by atoms with E-state index in [-0.39, 0.29) is 5.75 Å². The van der Waals surface area contributed by atoms with E-state index in [0.29, 0.717) is 12.1 Å². The minimum absolute atomic E-state index is 0.231. The highest BCUT2D eigenvalue weighted by Crippen LogP contribution is 2.22. The van der Waals surface area contributed by atoms with Crippen LogP contribution in [-0.2, 0) is 26.3 Å². The molecule has 0 saturated carbocycles. The molecule has 0 amide bonds. The van der Waals surface area contributed by atoms with Gasteiger partial charge in [-0.05, 0) is 84.9 Å². The predicted octanol–water partition coefficient (Wildman–Crippen LogP) is 5.10. The van der Waals surface area contributed by atoms with Crippen molar-refractivity contribution in [2.24, 2.45) is 0 Å². The van der Waals surface area contributed by atoms with Crippen LogP contribution in [0.1, 0.15) is 72.8 Å². The Morgan fingerprint density at radius 1 is 0.862 bits per heavy atom. The quantitative estimate of drug-likeness (QED) is 0.403. The van der Waals surface area contributed by atoms with Gasteiger partial charge in [0.15, 0.2) is 9.84 Å². The van der Waals surface area contributed by atoms with Gasteiger partial charge in [0.25, 0.3) is 0 Å². The lowest BCUT2D eigenvalue weighted by Gasteiger charge is -2.20. The van der Waals surface area contributed by atoms with Gasteiger partial charge in [0.05, 0.1) is 15.2 Å². The van der Waals surface area contributed by atoms with Gasteiger partial charge in [-0.3, -0.25) is 4.72 Å². The van der Waals surface area contributed by atoms with Gasteiger partial charge in [0.1, 0.15) is 0 Å². The molecule has 166 valence electrons. The highest BCUT2D eigenvalue weighted by Gasteiger charge is 2.29. The molecule has 0 atom stereocenters. The first-order valence-corrected chi connectivity index (χ1v) is 13.2. The third-order valence-electron chi connectivity index (χ3n) is 4.84. The van der Waals surface area contributed by atoms with Crippen LogP contribution in [0.4, 0.5) is 5.69 Å². The fourth-order valence-corrected chi connectivity index (χ4v) is 4.48. The Morgan fingerprint density at radius 3 is 1.90 bits per heavy atom. The summed E-state index contributed by atoms with van der Waals surface area (Å²) in [4.78, 5) is 0. The Balaban J connectivity index is 2.44. The second kappa shape index (κ2) is 9.65. The van der Waals surface area contributed by atoms with Crippen molar-refractivity contribution in [2.75, 3.05) is 10.5 Å². The molecule has 29 heavy (non-hydrogen) atoms. The maximum atomic E-state index is 12.2. The zero-order valence-electron chi connectivity index (χ0n) is 18.7. The number of sulfonamides is 1. The molecule has 1 N–H and O–H groups in total. The third kappa shape index (κ3) is 8.13. The Morgan fingerprint density at radius 2 is 1.41 bits per heavy atom. The number of nitrogens with one attached hydrogen (secondary N) is 1. The van der Waals surface area contributed by atoms with E-state index < -0.39 is 29.4 Å². The summed E-state index contributed by atoms with van der Waals surface area (Å²) in [6.07, 6.45) is 4.04. The van der Waals surface area contributed by atoms with Crippen molar-refractivity contribution in [1.82, 2.24) is 0 Å². The second-order valence-electron chi connectivity index (χ2n) is 9.58. The number of rotatable bonds is 10. The molecule has 0 bridgehead atoms. The normalized spacial score (nSPS) is 13.3. The molecule has 0 fully saturated rings. The van der Waals surface area contributed by atoms with Crippen molar-refractivity contribution in [3.05, 3.63) is 42.0 Å². The van der Waals surface area contributed by atoms with Gasteiger partial charge in [0.2, 0.25) is 10.0 Å². The first-order valence-electron chi connectivity index (χ1n) is 10.1. The number of benzene rings is 1. The first-order chi connectivity index (χ1) is 13.1. The van der Waals surface area contributed by atoms with Gasteiger partial charge in [0, 0.05) is 5.69 Å². The van der Waals surface area contributed by atoms with Crippen molar-refractivity contribution < 1.29 is 16.8 Å². The van der Waals surface area contributed by atoms with E-state index >= 15 is 0 Å². The minimum Gasteiger partial charge on any atom is -0.283 e. The van der Waals surface area contributed by atoms with Crippen molar-refractivity contribution in [3.63, 3.8) is 0 Å². The van der Waals surface area contributed by atoms with Crippen molar-refractivity contribution in [1.29, 1.82) is 0 Å². The Hall–Kier alpha value is -1.34. The molecule has 0 saturated heterocycles. The van der Waals surface area contributed by atoms with Crippen molar-refractivity contribution in [2.45, 2.75) is 83.1 Å². The summed E-state index contributed by atoms with van der Waals surface area (Å²) >= 11 is 0. The average Bonchev–Trinajstić information content (AvgIpc) is 2.54. The predicted molar refractivity (Wildman–Crippen MR) is 124 cm³/mol. The number of anilines is 1. The minimum atomic E-state index is -3.43. The zero-order chi connectivity index (χ0) is 22.5. The van der Waals surface area contributed by atoms with E-state index in [4.69, 9.17) is 0 Å². The lowest BCUT2D eigenvalue weighted by Crippen LogP contribution is -2.33. The van der Waals surface area contributed by atoms with Gasteiger partial charge in [-0.1, -0.05) is 30.7 Å². The molecule has 0 aliphatic carbocycles. The Labute approximate surface area is 178 Å². The molecule has 1 rings (SSSR count). The summed E-state index contributed by atoms with van der Waals surface area (Å²) in [5.41, 5.74) is 2.71. The molecule has 0 aliphatic heterocycles. The molecule has 1 aromatic carbocycles. The van der Waals surface area contributed by atoms with Crippen LogP contribution < -0.4 is 4.72 Å². The highest BCUT2D eigenvalue weighted by molar-refractivity contribution is 7.94. The summed E-state index contributed by atoms with van der Waals surface area (Å²) in [5, 5.41) is 0. The van der Waals surface area contributed by atoms with Crippen molar-refractivity contribution in [3.8, 4) is 0 Å². The van der Waals surface area contributed by atoms with Crippen LogP contribution >= 0.6 is 0 Å². The molecular weight excluding hydrogens is 406 g/mol. The maximum Gasteiger partial charge on any atom is 0.237 e. The van der Waals surface area contributed by atoms with E-state index in [2.05, 4.69) is 11.3 Å². The average molecular weight is 444 g/mol. The van der Waals surface area contributed by atoms with Gasteiger partial charge in [-0.2, -0.15) is 0 Å². The number of sulfone groups is 1. The van der Waals surface area contributed by atoms with Crippen LogP contribution in [-0.4, -0.2) is 32.1 Å². The van der Waals surface area contributed by atoms with Crippen LogP contribution in [0.15, 0.2) is 36.4 Å². The number of unbranched alkanes of at least 4 members (excludes halogenated alkanes) is 2. The fourth-order valence-electron chi connectivity index (χ4n) is 2.53. The lowest BCUT2D eigenvalue weighted by atomic mass is 10.0. The van der Waals surface area contributed by atoms with Gasteiger partial charge in [-0.15, -0.1) is 0 Å². The fraction of sp³-hybridized carbons (Fsp3) is 0.636. The highest BCUT2D eigenvalue weighted by atomic mass is 32.2. The molecule has 0 heterocycles. The van der Waals surface area contributed by atoms with Crippen LogP contribution in [0.3, 0.4) is 0 Å². The Bertz CT molecular complexity index is 886. The number of allylic oxidation sites excluding steroid dienone is 1. The third-order valence-corrected chi connectivity index (χ3v) is 9.65. The molecular formula is C22H37NO4S2. The largest absolute Gasteiger partial charge is 0.283 e. The molecule has 1 aromatic rings. The number of hydrogen-bond donors (Lipinski definition) is 1. The molecule has 5 nitrogen and oxygen atoms in total. The lowest BCUT2D eigenvalue weighted by molar-refractivity contribution is 0.554. The van der Waals surface area contributed by atoms with E-state index in [1.54, 1.807) is 53.7 Å². The van der Waals surface area contributed by atoms with E-state index in [0.717, 1.165) is 36.8 Å². The summed E-state index contributed by atoms with van der Waals surface area (Å²) in [5.74, 6) is 0.231. The van der Waals surface area contributed by atoms with E-state index in [1.807, 2.05) is 12.1 Å². The first kappa shape index (κ1) is 25.7. The summed E-state index contributed by atoms with van der Waals surface area (Å²) in [6, 6.07) is 7.34. The standard InChI is InChI=1S/C22H37NO4S2/c1-18(11-9-8-10-16-28(24,25)21(2,3)4)17-19-12-14-20(15-13-19)23-29(26,27)22(5,6)7/h12-15,23H,1,8-11,16-17H2,2-7H3. The molecule has 0 spiro atoms. The van der Waals surface area contributed by atoms with Gasteiger partial charge >= 0.3 is 0 Å². The van der Waals surface area contributed by atoms with E-state index in [9.17, 15) is 16.8 Å². The summed E-state index contributed by atoms with van der Waals surface area (Å²) < 4.78 is 49.7. The topological polar surface area (TPSA) is 80.3 Å². The maximum absolute atomic E-state index is 12.2. The molecule has 0 radical (unpaired) electrons. The summed E-state index contributed by atoms with van der Waals surface area (Å²) in [7, 11) is -6.48. The van der Waals surface area contributed by atoms with Crippen LogP contribution in [0.2, 0.25) is 0 Å². The number of hydrogen-bond acceptors (Lipinski definition) is 4. The summed E-state index contributed by atoms with van der Waals surface area (Å²) in [6.45, 7) is 14.3. The monoisotopic (exact) mass is 443 g/mol. The second-order valence-corrected chi connectivity index (χ2v) is 14.9. The van der Waals surface area contributed by atoms with Gasteiger partial charge in [-0.25, -0.2) is 16.8 Å². The van der Waals surface area contributed by atoms with Crippen molar-refractivity contribution >= 4 is 25.5 Å². The molecule has 7 heteroatoms. The van der Waals surface area contributed by atoms with Crippen LogP contribution in [0, 0.1) is 0 Å². The van der Waals surface area contributed by atoms with Crippen LogP contribution in [0.25, 0.3) is 0 Å². The zero-order valence-corrected chi connectivity index (χ0v) is 20.3. The van der Waals surface area contributed by atoms with Crippen LogP contribution in [0.5, 0.6) is 0 Å².